The van der Waals surface area contributed by atoms with Crippen LogP contribution < -0.4 is 0 Å². The van der Waals surface area contributed by atoms with Gasteiger partial charge in [0.05, 0.1) is 5.88 Å². The summed E-state index contributed by atoms with van der Waals surface area (Å²) in [6, 6.07) is 9.97. The van der Waals surface area contributed by atoms with Crippen molar-refractivity contribution >= 4 is 38.7 Å². The van der Waals surface area contributed by atoms with E-state index in [-0.39, 0.29) is 0 Å². The van der Waals surface area contributed by atoms with E-state index in [2.05, 4.69) is 38.9 Å². The van der Waals surface area contributed by atoms with Gasteiger partial charge in [-0.1, -0.05) is 15.9 Å². The summed E-state index contributed by atoms with van der Waals surface area (Å²) in [5, 5.41) is 0. The van der Waals surface area contributed by atoms with E-state index in [0.717, 1.165) is 32.7 Å². The number of aromatic nitrogens is 3. The zero-order valence-electron chi connectivity index (χ0n) is 10.3. The summed E-state index contributed by atoms with van der Waals surface area (Å²) in [7, 11) is 0. The Hall–Kier alpha value is -1.39. The van der Waals surface area contributed by atoms with E-state index in [0.29, 0.717) is 5.88 Å². The minimum atomic E-state index is 0.353. The van der Waals surface area contributed by atoms with Gasteiger partial charge in [0.2, 0.25) is 0 Å². The molecule has 0 unspecified atom stereocenters. The van der Waals surface area contributed by atoms with Crippen molar-refractivity contribution in [2.75, 3.05) is 0 Å². The average Bonchev–Trinajstić information content (AvgIpc) is 2.80. The lowest BCUT2D eigenvalue weighted by atomic mass is 10.2. The van der Waals surface area contributed by atoms with Crippen molar-refractivity contribution in [2.45, 2.75) is 12.8 Å². The molecule has 0 bridgehead atoms. The molecule has 2 aromatic heterocycles. The lowest BCUT2D eigenvalue weighted by Gasteiger charge is -2.08. The number of hydrogen-bond acceptors (Lipinski definition) is 2. The van der Waals surface area contributed by atoms with E-state index >= 15 is 0 Å². The average molecular weight is 337 g/mol. The van der Waals surface area contributed by atoms with Crippen molar-refractivity contribution in [3.05, 3.63) is 52.4 Å². The molecule has 3 rings (SSSR count). The molecule has 0 fully saturated rings. The van der Waals surface area contributed by atoms with Crippen molar-refractivity contribution in [1.82, 2.24) is 14.5 Å². The van der Waals surface area contributed by atoms with Crippen LogP contribution in [0.3, 0.4) is 0 Å². The van der Waals surface area contributed by atoms with E-state index in [1.165, 1.54) is 0 Å². The van der Waals surface area contributed by atoms with Crippen molar-refractivity contribution < 1.29 is 0 Å². The molecule has 3 nitrogen and oxygen atoms in total. The van der Waals surface area contributed by atoms with Crippen LogP contribution in [0.15, 0.2) is 41.0 Å². The summed E-state index contributed by atoms with van der Waals surface area (Å²) < 4.78 is 3.09. The number of rotatable bonds is 2. The fourth-order valence-electron chi connectivity index (χ4n) is 2.09. The molecule has 0 aliphatic heterocycles. The van der Waals surface area contributed by atoms with Crippen LogP contribution in [0.1, 0.15) is 11.4 Å². The van der Waals surface area contributed by atoms with Gasteiger partial charge in [0.15, 0.2) is 5.65 Å². The normalized spacial score (nSPS) is 11.1. The third-order valence-electron chi connectivity index (χ3n) is 3.00. The maximum absolute atomic E-state index is 6.00. The van der Waals surface area contributed by atoms with Gasteiger partial charge in [-0.2, -0.15) is 0 Å². The van der Waals surface area contributed by atoms with Gasteiger partial charge in [-0.15, -0.1) is 11.6 Å². The molecule has 0 aliphatic carbocycles. The smallest absolute Gasteiger partial charge is 0.164 e. The number of nitrogens with zero attached hydrogens (tertiary/aromatic N) is 3. The zero-order chi connectivity index (χ0) is 13.4. The van der Waals surface area contributed by atoms with Gasteiger partial charge in [-0.25, -0.2) is 9.97 Å². The number of hydrogen-bond donors (Lipinski definition) is 0. The lowest BCUT2D eigenvalue weighted by molar-refractivity contribution is 0.967. The first-order valence-corrected chi connectivity index (χ1v) is 7.18. The van der Waals surface area contributed by atoms with E-state index < -0.39 is 0 Å². The van der Waals surface area contributed by atoms with Crippen LogP contribution in [0.2, 0.25) is 0 Å². The van der Waals surface area contributed by atoms with E-state index in [4.69, 9.17) is 11.6 Å². The second-order valence-corrected chi connectivity index (χ2v) is 5.40. The molecule has 0 saturated carbocycles. The Labute approximate surface area is 124 Å². The Morgan fingerprint density at radius 2 is 2.16 bits per heavy atom. The number of imidazole rings is 1. The molecular weight excluding hydrogens is 326 g/mol. The highest BCUT2D eigenvalue weighted by molar-refractivity contribution is 9.10. The SMILES string of the molecule is Cc1cc(-n2c(CCl)nc3cccnc32)ccc1Br. The second kappa shape index (κ2) is 4.94. The Morgan fingerprint density at radius 1 is 1.32 bits per heavy atom. The summed E-state index contributed by atoms with van der Waals surface area (Å²) in [6.45, 7) is 2.06. The maximum Gasteiger partial charge on any atom is 0.164 e. The Kier molecular flexibility index (Phi) is 3.29. The quantitative estimate of drug-likeness (QED) is 0.656. The highest BCUT2D eigenvalue weighted by Gasteiger charge is 2.12. The number of aryl methyl sites for hydroxylation is 1. The molecule has 0 amide bonds. The predicted octanol–water partition coefficient (Wildman–Crippen LogP) is 4.23. The van der Waals surface area contributed by atoms with Crippen LogP contribution in [0.4, 0.5) is 0 Å². The van der Waals surface area contributed by atoms with Crippen LogP contribution in [0.25, 0.3) is 16.9 Å². The number of alkyl halides is 1. The summed E-state index contributed by atoms with van der Waals surface area (Å²) >= 11 is 9.52. The standard InChI is InChI=1S/C14H11BrClN3/c1-9-7-10(4-5-11(9)15)19-13(8-16)18-12-3-2-6-17-14(12)19/h2-7H,8H2,1H3. The van der Waals surface area contributed by atoms with Crippen LogP contribution in [-0.4, -0.2) is 14.5 Å². The third kappa shape index (κ3) is 2.15. The third-order valence-corrected chi connectivity index (χ3v) is 4.13. The molecule has 0 aliphatic rings. The number of pyridine rings is 1. The largest absolute Gasteiger partial charge is 0.280 e. The van der Waals surface area contributed by atoms with Crippen molar-refractivity contribution in [3.8, 4) is 5.69 Å². The van der Waals surface area contributed by atoms with Crippen molar-refractivity contribution in [2.24, 2.45) is 0 Å². The molecule has 96 valence electrons. The van der Waals surface area contributed by atoms with Gasteiger partial charge < -0.3 is 0 Å². The highest BCUT2D eigenvalue weighted by Crippen LogP contribution is 2.24. The van der Waals surface area contributed by atoms with Crippen LogP contribution >= 0.6 is 27.5 Å². The Bertz CT molecular complexity index is 752. The number of halogens is 2. The summed E-state index contributed by atoms with van der Waals surface area (Å²) in [5.74, 6) is 1.16. The maximum atomic E-state index is 6.00. The second-order valence-electron chi connectivity index (χ2n) is 4.28. The van der Waals surface area contributed by atoms with Crippen LogP contribution in [-0.2, 0) is 5.88 Å². The zero-order valence-corrected chi connectivity index (χ0v) is 12.6. The van der Waals surface area contributed by atoms with Gasteiger partial charge in [0.25, 0.3) is 0 Å². The highest BCUT2D eigenvalue weighted by atomic mass is 79.9. The Balaban J connectivity index is 2.31. The van der Waals surface area contributed by atoms with Gasteiger partial charge in [0, 0.05) is 16.4 Å². The summed E-state index contributed by atoms with van der Waals surface area (Å²) in [4.78, 5) is 8.92. The molecule has 5 heteroatoms. The first-order chi connectivity index (χ1) is 9.20. The molecule has 1 aromatic carbocycles. The summed E-state index contributed by atoms with van der Waals surface area (Å²) in [5.41, 5.74) is 3.88. The van der Waals surface area contributed by atoms with Gasteiger partial charge in [0.1, 0.15) is 11.3 Å². The molecule has 2 heterocycles. The topological polar surface area (TPSA) is 30.7 Å². The van der Waals surface area contributed by atoms with Crippen molar-refractivity contribution in [3.63, 3.8) is 0 Å². The van der Waals surface area contributed by atoms with E-state index in [1.807, 2.05) is 28.8 Å². The molecule has 3 aromatic rings. The van der Waals surface area contributed by atoms with Gasteiger partial charge >= 0.3 is 0 Å². The fraction of sp³-hybridized carbons (Fsp3) is 0.143. The molecule has 0 spiro atoms. The molecule has 0 radical (unpaired) electrons. The number of fused-ring (bicyclic) bond motifs is 1. The first kappa shape index (κ1) is 12.6. The lowest BCUT2D eigenvalue weighted by Crippen LogP contribution is -2.00. The van der Waals surface area contributed by atoms with Crippen LogP contribution in [0.5, 0.6) is 0 Å². The molecule has 0 saturated heterocycles. The molecule has 19 heavy (non-hydrogen) atoms. The predicted molar refractivity (Wildman–Crippen MR) is 80.9 cm³/mol. The minimum Gasteiger partial charge on any atom is -0.280 e. The molecular formula is C14H11BrClN3. The van der Waals surface area contributed by atoms with Gasteiger partial charge in [-0.3, -0.25) is 4.57 Å². The fourth-order valence-corrected chi connectivity index (χ4v) is 2.51. The Morgan fingerprint density at radius 3 is 2.89 bits per heavy atom. The van der Waals surface area contributed by atoms with E-state index in [1.54, 1.807) is 6.20 Å². The van der Waals surface area contributed by atoms with E-state index in [9.17, 15) is 0 Å². The number of benzene rings is 1. The van der Waals surface area contributed by atoms with Crippen LogP contribution in [0, 0.1) is 6.92 Å². The molecule has 0 atom stereocenters. The van der Waals surface area contributed by atoms with Gasteiger partial charge in [-0.05, 0) is 42.8 Å². The monoisotopic (exact) mass is 335 g/mol. The first-order valence-electron chi connectivity index (χ1n) is 5.85. The summed E-state index contributed by atoms with van der Waals surface area (Å²) in [6.07, 6.45) is 1.77. The van der Waals surface area contributed by atoms with Crippen molar-refractivity contribution in [1.29, 1.82) is 0 Å². The minimum absolute atomic E-state index is 0.353. The molecule has 0 N–H and O–H groups in total.